The van der Waals surface area contributed by atoms with Gasteiger partial charge in [0.15, 0.2) is 6.61 Å². The van der Waals surface area contributed by atoms with Crippen LogP contribution >= 0.6 is 0 Å². The first-order chi connectivity index (χ1) is 13.0. The number of benzene rings is 1. The Hall–Kier alpha value is -3.69. The normalized spacial score (nSPS) is 10.1. The van der Waals surface area contributed by atoms with Crippen molar-refractivity contribution in [2.45, 2.75) is 13.0 Å². The second-order valence-electron chi connectivity index (χ2n) is 5.33. The van der Waals surface area contributed by atoms with Gasteiger partial charge in [0.1, 0.15) is 5.76 Å². The second kappa shape index (κ2) is 9.70. The van der Waals surface area contributed by atoms with Gasteiger partial charge in [-0.2, -0.15) is 0 Å². The number of ether oxygens (including phenoxy) is 1. The highest BCUT2D eigenvalue weighted by Gasteiger charge is 2.11. The zero-order valence-electron chi connectivity index (χ0n) is 14.2. The van der Waals surface area contributed by atoms with E-state index >= 15 is 0 Å². The minimum atomic E-state index is -0.646. The average Bonchev–Trinajstić information content (AvgIpc) is 3.18. The molecule has 1 heterocycles. The van der Waals surface area contributed by atoms with E-state index in [0.29, 0.717) is 5.76 Å². The molecule has 0 aliphatic heterocycles. The van der Waals surface area contributed by atoms with E-state index in [0.717, 1.165) is 0 Å². The number of furan rings is 1. The first-order valence-corrected chi connectivity index (χ1v) is 7.93. The van der Waals surface area contributed by atoms with Crippen molar-refractivity contribution in [2.75, 3.05) is 13.2 Å². The average molecular weight is 375 g/mol. The molecule has 27 heavy (non-hydrogen) atoms. The number of carbonyl (C=O) groups excluding carboxylic acids is 3. The van der Waals surface area contributed by atoms with Gasteiger partial charge in [-0.15, -0.1) is 0 Å². The van der Waals surface area contributed by atoms with Crippen LogP contribution in [0.15, 0.2) is 47.1 Å². The summed E-state index contributed by atoms with van der Waals surface area (Å²) in [6.07, 6.45) is 1.36. The highest BCUT2D eigenvalue weighted by atomic mass is 16.6. The van der Waals surface area contributed by atoms with Crippen molar-refractivity contribution in [1.82, 2.24) is 10.6 Å². The van der Waals surface area contributed by atoms with Crippen LogP contribution in [0.1, 0.15) is 22.5 Å². The fraction of sp³-hybridized carbons (Fsp3) is 0.235. The molecule has 2 aromatic rings. The number of nitro groups is 1. The van der Waals surface area contributed by atoms with Crippen LogP contribution in [-0.2, 0) is 20.9 Å². The first kappa shape index (κ1) is 19.6. The van der Waals surface area contributed by atoms with Gasteiger partial charge in [-0.1, -0.05) is 0 Å². The molecule has 0 atom stereocenters. The zero-order chi connectivity index (χ0) is 19.6. The van der Waals surface area contributed by atoms with Crippen LogP contribution in [0, 0.1) is 10.1 Å². The molecule has 142 valence electrons. The van der Waals surface area contributed by atoms with Gasteiger partial charge in [0.25, 0.3) is 17.5 Å². The summed E-state index contributed by atoms with van der Waals surface area (Å²) in [7, 11) is 0. The standard InChI is InChI=1S/C17H17N3O7/c21-15(19-10-14-2-1-9-26-14)11-27-16(22)7-8-18-17(23)12-3-5-13(6-4-12)20(24)25/h1-6,9H,7-8,10-11H2,(H,18,23)(H,19,21). The molecule has 0 saturated heterocycles. The summed E-state index contributed by atoms with van der Waals surface area (Å²) in [5.41, 5.74) is 0.103. The second-order valence-corrected chi connectivity index (χ2v) is 5.33. The number of nitrogens with one attached hydrogen (secondary N) is 2. The number of non-ortho nitro benzene ring substituents is 1. The summed E-state index contributed by atoms with van der Waals surface area (Å²) in [6.45, 7) is -0.243. The predicted octanol–water partition coefficient (Wildman–Crippen LogP) is 1.17. The van der Waals surface area contributed by atoms with E-state index < -0.39 is 29.3 Å². The molecule has 10 nitrogen and oxygen atoms in total. The minimum Gasteiger partial charge on any atom is -0.467 e. The molecule has 2 rings (SSSR count). The van der Waals surface area contributed by atoms with Gasteiger partial charge in [0, 0.05) is 24.2 Å². The van der Waals surface area contributed by atoms with Crippen LogP contribution in [0.4, 0.5) is 5.69 Å². The van der Waals surface area contributed by atoms with Crippen LogP contribution in [0.3, 0.4) is 0 Å². The summed E-state index contributed by atoms with van der Waals surface area (Å²) in [5.74, 6) is -1.03. The van der Waals surface area contributed by atoms with Crippen molar-refractivity contribution < 1.29 is 28.5 Å². The maximum absolute atomic E-state index is 11.9. The van der Waals surface area contributed by atoms with E-state index in [-0.39, 0.29) is 30.8 Å². The van der Waals surface area contributed by atoms with Crippen molar-refractivity contribution in [3.63, 3.8) is 0 Å². The van der Waals surface area contributed by atoms with Gasteiger partial charge in [0.2, 0.25) is 0 Å². The quantitative estimate of drug-likeness (QED) is 0.381. The van der Waals surface area contributed by atoms with Gasteiger partial charge >= 0.3 is 5.97 Å². The van der Waals surface area contributed by atoms with Crippen molar-refractivity contribution in [3.8, 4) is 0 Å². The van der Waals surface area contributed by atoms with Crippen LogP contribution in [-0.4, -0.2) is 35.9 Å². The van der Waals surface area contributed by atoms with Gasteiger partial charge in [-0.3, -0.25) is 24.5 Å². The third-order valence-corrected chi connectivity index (χ3v) is 3.36. The van der Waals surface area contributed by atoms with E-state index in [1.165, 1.54) is 30.5 Å². The molecule has 0 aliphatic carbocycles. The topological polar surface area (TPSA) is 141 Å². The van der Waals surface area contributed by atoms with Crippen LogP contribution in [0.5, 0.6) is 0 Å². The van der Waals surface area contributed by atoms with Crippen LogP contribution < -0.4 is 10.6 Å². The Morgan fingerprint density at radius 2 is 1.85 bits per heavy atom. The SMILES string of the molecule is O=C(COC(=O)CCNC(=O)c1ccc([N+](=O)[O-])cc1)NCc1ccco1. The Labute approximate surface area is 153 Å². The van der Waals surface area contributed by atoms with Crippen LogP contribution in [0.25, 0.3) is 0 Å². The maximum atomic E-state index is 11.9. The molecule has 2 amide bonds. The van der Waals surface area contributed by atoms with E-state index in [1.54, 1.807) is 12.1 Å². The summed E-state index contributed by atoms with van der Waals surface area (Å²) < 4.78 is 9.84. The van der Waals surface area contributed by atoms with Gasteiger partial charge < -0.3 is 19.8 Å². The largest absolute Gasteiger partial charge is 0.467 e. The number of nitro benzene ring substituents is 1. The molecule has 1 aromatic carbocycles. The van der Waals surface area contributed by atoms with Gasteiger partial charge in [-0.25, -0.2) is 0 Å². The Kier molecular flexibility index (Phi) is 7.06. The smallest absolute Gasteiger partial charge is 0.308 e. The lowest BCUT2D eigenvalue weighted by Crippen LogP contribution is -2.30. The molecule has 0 radical (unpaired) electrons. The highest BCUT2D eigenvalue weighted by Crippen LogP contribution is 2.11. The third kappa shape index (κ3) is 6.61. The molecule has 2 N–H and O–H groups in total. The van der Waals surface area contributed by atoms with Crippen molar-refractivity contribution in [1.29, 1.82) is 0 Å². The third-order valence-electron chi connectivity index (χ3n) is 3.36. The summed E-state index contributed by atoms with van der Waals surface area (Å²) in [4.78, 5) is 45.0. The van der Waals surface area contributed by atoms with E-state index in [1.807, 2.05) is 0 Å². The molecular weight excluding hydrogens is 358 g/mol. The molecule has 0 saturated carbocycles. The Morgan fingerprint density at radius 3 is 2.48 bits per heavy atom. The number of esters is 1. The van der Waals surface area contributed by atoms with Crippen molar-refractivity contribution >= 4 is 23.5 Å². The monoisotopic (exact) mass is 375 g/mol. The Balaban J connectivity index is 1.62. The van der Waals surface area contributed by atoms with Crippen molar-refractivity contribution in [3.05, 3.63) is 64.1 Å². The number of carbonyl (C=O) groups is 3. The molecule has 0 fully saturated rings. The molecule has 0 bridgehead atoms. The summed E-state index contributed by atoms with van der Waals surface area (Å²) in [6, 6.07) is 8.44. The molecule has 1 aromatic heterocycles. The fourth-order valence-corrected chi connectivity index (χ4v) is 1.98. The molecule has 0 aliphatic rings. The fourth-order valence-electron chi connectivity index (χ4n) is 1.98. The number of hydrogen-bond acceptors (Lipinski definition) is 7. The first-order valence-electron chi connectivity index (χ1n) is 7.93. The minimum absolute atomic E-state index is 0.00265. The molecular formula is C17H17N3O7. The summed E-state index contributed by atoms with van der Waals surface area (Å²) in [5, 5.41) is 15.6. The lowest BCUT2D eigenvalue weighted by Gasteiger charge is -2.07. The van der Waals surface area contributed by atoms with Gasteiger partial charge in [-0.05, 0) is 24.3 Å². The van der Waals surface area contributed by atoms with E-state index in [4.69, 9.17) is 9.15 Å². The number of amides is 2. The van der Waals surface area contributed by atoms with Crippen molar-refractivity contribution in [2.24, 2.45) is 0 Å². The highest BCUT2D eigenvalue weighted by molar-refractivity contribution is 5.94. The lowest BCUT2D eigenvalue weighted by atomic mass is 10.2. The molecule has 10 heteroatoms. The van der Waals surface area contributed by atoms with Crippen LogP contribution in [0.2, 0.25) is 0 Å². The lowest BCUT2D eigenvalue weighted by molar-refractivity contribution is -0.384. The predicted molar refractivity (Wildman–Crippen MR) is 91.6 cm³/mol. The maximum Gasteiger partial charge on any atom is 0.308 e. The molecule has 0 spiro atoms. The van der Waals surface area contributed by atoms with E-state index in [9.17, 15) is 24.5 Å². The van der Waals surface area contributed by atoms with E-state index in [2.05, 4.69) is 10.6 Å². The number of rotatable bonds is 9. The Morgan fingerprint density at radius 1 is 1.11 bits per heavy atom. The van der Waals surface area contributed by atoms with Gasteiger partial charge in [0.05, 0.1) is 24.2 Å². The molecule has 0 unspecified atom stereocenters. The summed E-state index contributed by atoms with van der Waals surface area (Å²) >= 11 is 0. The Bertz CT molecular complexity index is 800. The number of nitrogens with zero attached hydrogens (tertiary/aromatic N) is 1. The zero-order valence-corrected chi connectivity index (χ0v) is 14.2. The number of hydrogen-bond donors (Lipinski definition) is 2.